The van der Waals surface area contributed by atoms with E-state index in [0.29, 0.717) is 11.4 Å². The Kier molecular flexibility index (Phi) is 2.99. The van der Waals surface area contributed by atoms with Crippen molar-refractivity contribution < 1.29 is 19.2 Å². The Morgan fingerprint density at radius 2 is 0.900 bits per heavy atom. The molecule has 2 saturated carbocycles. The van der Waals surface area contributed by atoms with Crippen molar-refractivity contribution >= 4 is 35.0 Å². The number of fused-ring (bicyclic) bond motifs is 10. The third-order valence-corrected chi connectivity index (χ3v) is 8.29. The number of hydrogen-bond donors (Lipinski definition) is 0. The molecule has 2 heterocycles. The van der Waals surface area contributed by atoms with Crippen LogP contribution in [0.25, 0.3) is 0 Å². The normalized spacial score (nSPS) is 42.3. The van der Waals surface area contributed by atoms with Crippen molar-refractivity contribution in [2.45, 2.75) is 12.8 Å². The van der Waals surface area contributed by atoms with Gasteiger partial charge in [0.05, 0.1) is 35.0 Å². The fourth-order valence-electron chi connectivity index (χ4n) is 7.08. The van der Waals surface area contributed by atoms with E-state index in [1.165, 1.54) is 9.80 Å². The second kappa shape index (κ2) is 5.36. The van der Waals surface area contributed by atoms with E-state index in [2.05, 4.69) is 24.3 Å². The maximum atomic E-state index is 13.1. The van der Waals surface area contributed by atoms with Gasteiger partial charge in [0.1, 0.15) is 0 Å². The molecule has 4 bridgehead atoms. The first-order valence-corrected chi connectivity index (χ1v) is 10.8. The predicted molar refractivity (Wildman–Crippen MR) is 107 cm³/mol. The Labute approximate surface area is 173 Å². The zero-order valence-corrected chi connectivity index (χ0v) is 16.2. The van der Waals surface area contributed by atoms with Crippen LogP contribution in [0.3, 0.4) is 0 Å². The standard InChI is InChI=1S/C24H20N2O4/c27-21-17-11-4-5-12(8-11)18(17)22(28)25(21)15-2-1-3-16(10-15)26-23(29)19-13-6-7-14(9-13)20(19)24(26)30/h1-7,10-14,17-20H,8-9H2/t11-,12-,13-,14-,17+,18+,19+,20+/m0/s1. The molecule has 6 nitrogen and oxygen atoms in total. The Balaban J connectivity index is 1.24. The van der Waals surface area contributed by atoms with E-state index < -0.39 is 0 Å². The van der Waals surface area contributed by atoms with Crippen molar-refractivity contribution in [3.05, 3.63) is 48.6 Å². The van der Waals surface area contributed by atoms with Crippen molar-refractivity contribution in [3.8, 4) is 0 Å². The molecule has 6 heteroatoms. The van der Waals surface area contributed by atoms with Crippen molar-refractivity contribution in [1.29, 1.82) is 0 Å². The molecular formula is C24H20N2O4. The highest BCUT2D eigenvalue weighted by Crippen LogP contribution is 2.55. The summed E-state index contributed by atoms with van der Waals surface area (Å²) in [4.78, 5) is 55.0. The van der Waals surface area contributed by atoms with Crippen LogP contribution in [0.1, 0.15) is 12.8 Å². The van der Waals surface area contributed by atoms with Crippen LogP contribution in [-0.2, 0) is 19.2 Å². The number of hydrogen-bond acceptors (Lipinski definition) is 4. The highest BCUT2D eigenvalue weighted by Gasteiger charge is 2.61. The van der Waals surface area contributed by atoms with Crippen molar-refractivity contribution in [3.63, 3.8) is 0 Å². The van der Waals surface area contributed by atoms with E-state index in [4.69, 9.17) is 0 Å². The first-order chi connectivity index (χ1) is 14.5. The molecule has 30 heavy (non-hydrogen) atoms. The summed E-state index contributed by atoms with van der Waals surface area (Å²) in [7, 11) is 0. The maximum absolute atomic E-state index is 13.1. The lowest BCUT2D eigenvalue weighted by atomic mass is 9.85. The average molecular weight is 400 g/mol. The van der Waals surface area contributed by atoms with Gasteiger partial charge in [-0.15, -0.1) is 0 Å². The van der Waals surface area contributed by atoms with Gasteiger partial charge >= 0.3 is 0 Å². The van der Waals surface area contributed by atoms with Gasteiger partial charge in [-0.25, -0.2) is 9.80 Å². The number of benzene rings is 1. The van der Waals surface area contributed by atoms with Crippen molar-refractivity contribution in [2.24, 2.45) is 47.3 Å². The van der Waals surface area contributed by atoms with E-state index in [-0.39, 0.29) is 71.0 Å². The first-order valence-electron chi connectivity index (χ1n) is 10.8. The molecule has 2 aliphatic heterocycles. The minimum atomic E-state index is -0.271. The predicted octanol–water partition coefficient (Wildman–Crippen LogP) is 2.31. The van der Waals surface area contributed by atoms with E-state index in [9.17, 15) is 19.2 Å². The molecule has 8 atom stereocenters. The Hall–Kier alpha value is -3.02. The van der Waals surface area contributed by atoms with Gasteiger partial charge in [0.25, 0.3) is 0 Å². The number of amides is 4. The summed E-state index contributed by atoms with van der Waals surface area (Å²) in [6.45, 7) is 0. The molecule has 1 aromatic carbocycles. The molecule has 2 saturated heterocycles. The largest absolute Gasteiger partial charge is 0.274 e. The fourth-order valence-corrected chi connectivity index (χ4v) is 7.08. The van der Waals surface area contributed by atoms with E-state index >= 15 is 0 Å². The summed E-state index contributed by atoms with van der Waals surface area (Å²) in [5, 5.41) is 0. The van der Waals surface area contributed by atoms with Crippen LogP contribution in [0.4, 0.5) is 11.4 Å². The second-order valence-corrected chi connectivity index (χ2v) is 9.54. The fraction of sp³-hybridized carbons (Fsp3) is 0.417. The second-order valence-electron chi connectivity index (χ2n) is 9.54. The lowest BCUT2D eigenvalue weighted by Gasteiger charge is -2.21. The monoisotopic (exact) mass is 400 g/mol. The van der Waals surface area contributed by atoms with E-state index in [1.54, 1.807) is 24.3 Å². The van der Waals surface area contributed by atoms with Crippen molar-refractivity contribution in [2.75, 3.05) is 9.80 Å². The minimum Gasteiger partial charge on any atom is -0.274 e. The van der Waals surface area contributed by atoms with Crippen LogP contribution in [0.5, 0.6) is 0 Å². The molecule has 150 valence electrons. The molecule has 0 aromatic heterocycles. The summed E-state index contributed by atoms with van der Waals surface area (Å²) < 4.78 is 0. The number of carbonyl (C=O) groups is 4. The number of imide groups is 2. The molecule has 4 aliphatic carbocycles. The number of anilines is 2. The number of nitrogens with zero attached hydrogens (tertiary/aromatic N) is 2. The Morgan fingerprint density at radius 1 is 0.567 bits per heavy atom. The summed E-state index contributed by atoms with van der Waals surface area (Å²) in [5.74, 6) is -1.12. The molecule has 6 aliphatic rings. The van der Waals surface area contributed by atoms with Gasteiger partial charge in [0.2, 0.25) is 23.6 Å². The van der Waals surface area contributed by atoms with Crippen LogP contribution < -0.4 is 9.80 Å². The third-order valence-electron chi connectivity index (χ3n) is 8.29. The zero-order valence-electron chi connectivity index (χ0n) is 16.2. The maximum Gasteiger partial charge on any atom is 0.238 e. The van der Waals surface area contributed by atoms with Gasteiger partial charge in [-0.2, -0.15) is 0 Å². The van der Waals surface area contributed by atoms with Crippen molar-refractivity contribution in [1.82, 2.24) is 0 Å². The molecule has 7 rings (SSSR count). The molecule has 0 N–H and O–H groups in total. The summed E-state index contributed by atoms with van der Waals surface area (Å²) in [6, 6.07) is 6.80. The highest BCUT2D eigenvalue weighted by atomic mass is 16.2. The average Bonchev–Trinajstić information content (AvgIpc) is 3.55. The van der Waals surface area contributed by atoms with Crippen LogP contribution >= 0.6 is 0 Å². The third kappa shape index (κ3) is 1.81. The highest BCUT2D eigenvalue weighted by molar-refractivity contribution is 6.25. The molecule has 4 amide bonds. The summed E-state index contributed by atoms with van der Waals surface area (Å²) in [6.07, 6.45) is 10.0. The summed E-state index contributed by atoms with van der Waals surface area (Å²) in [5.41, 5.74) is 0.908. The molecule has 0 spiro atoms. The molecular weight excluding hydrogens is 380 g/mol. The summed E-state index contributed by atoms with van der Waals surface area (Å²) >= 11 is 0. The topological polar surface area (TPSA) is 74.8 Å². The number of carbonyl (C=O) groups excluding carboxylic acids is 4. The lowest BCUT2D eigenvalue weighted by molar-refractivity contribution is -0.124. The van der Waals surface area contributed by atoms with Crippen LogP contribution in [0.15, 0.2) is 48.6 Å². The van der Waals surface area contributed by atoms with Gasteiger partial charge < -0.3 is 0 Å². The zero-order chi connectivity index (χ0) is 20.3. The van der Waals surface area contributed by atoms with Gasteiger partial charge in [0, 0.05) is 0 Å². The Morgan fingerprint density at radius 3 is 1.23 bits per heavy atom. The Bertz CT molecular complexity index is 977. The van der Waals surface area contributed by atoms with Gasteiger partial charge in [-0.3, -0.25) is 19.2 Å². The lowest BCUT2D eigenvalue weighted by Crippen LogP contribution is -2.34. The van der Waals surface area contributed by atoms with Gasteiger partial charge in [-0.05, 0) is 54.7 Å². The van der Waals surface area contributed by atoms with Crippen LogP contribution in [-0.4, -0.2) is 23.6 Å². The quantitative estimate of drug-likeness (QED) is 0.564. The molecule has 1 aromatic rings. The van der Waals surface area contributed by atoms with Gasteiger partial charge in [-0.1, -0.05) is 30.4 Å². The van der Waals surface area contributed by atoms with Crippen LogP contribution in [0, 0.1) is 47.3 Å². The smallest absolute Gasteiger partial charge is 0.238 e. The number of rotatable bonds is 2. The molecule has 4 fully saturated rings. The van der Waals surface area contributed by atoms with E-state index in [1.807, 2.05) is 0 Å². The van der Waals surface area contributed by atoms with E-state index in [0.717, 1.165) is 12.8 Å². The van der Waals surface area contributed by atoms with Crippen LogP contribution in [0.2, 0.25) is 0 Å². The SMILES string of the molecule is O=C1[C@H]2[C@H](C(=O)N1c1cccc(N3C(=O)[C@H]4[C@H](C3=O)[C@H]3C=C[C@H]4C3)c1)[C@H]1C=C[C@H]2C1. The first kappa shape index (κ1) is 16.7. The molecule has 0 radical (unpaired) electrons. The minimum absolute atomic E-state index is 0.147. The number of allylic oxidation sites excluding steroid dienone is 4. The van der Waals surface area contributed by atoms with Gasteiger partial charge in [0.15, 0.2) is 0 Å². The molecule has 0 unspecified atom stereocenters.